The van der Waals surface area contributed by atoms with Gasteiger partial charge in [-0.1, -0.05) is 54.6 Å². The standard InChI is InChI=1S/C23H17NO2/c25-22-11-5-9-19-14-18(12-13-21(19)22)17-8-4-10-20(15-17)24-23(26)16-6-2-1-3-7-16/h1-15,25H,(H,24,26). The predicted octanol–water partition coefficient (Wildman–Crippen LogP) is 5.46. The van der Waals surface area contributed by atoms with Crippen LogP contribution in [-0.2, 0) is 0 Å². The number of benzene rings is 4. The van der Waals surface area contributed by atoms with Gasteiger partial charge in [0.25, 0.3) is 5.91 Å². The summed E-state index contributed by atoms with van der Waals surface area (Å²) in [6.45, 7) is 0. The SMILES string of the molecule is O=C(Nc1cccc(-c2ccc3c(O)cccc3c2)c1)c1ccccc1. The summed E-state index contributed by atoms with van der Waals surface area (Å²) in [4.78, 5) is 12.3. The molecule has 3 heteroatoms. The zero-order valence-electron chi connectivity index (χ0n) is 14.0. The Balaban J connectivity index is 1.64. The molecule has 0 spiro atoms. The molecule has 4 rings (SSSR count). The quantitative estimate of drug-likeness (QED) is 0.520. The molecule has 0 radical (unpaired) electrons. The normalized spacial score (nSPS) is 10.6. The fourth-order valence-electron chi connectivity index (χ4n) is 3.02. The Kier molecular flexibility index (Phi) is 4.12. The summed E-state index contributed by atoms with van der Waals surface area (Å²) in [5.74, 6) is 0.143. The molecule has 2 N–H and O–H groups in total. The maximum Gasteiger partial charge on any atom is 0.255 e. The molecule has 126 valence electrons. The summed E-state index contributed by atoms with van der Waals surface area (Å²) in [7, 11) is 0. The van der Waals surface area contributed by atoms with E-state index < -0.39 is 0 Å². The predicted molar refractivity (Wildman–Crippen MR) is 105 cm³/mol. The van der Waals surface area contributed by atoms with E-state index in [1.807, 2.05) is 72.8 Å². The van der Waals surface area contributed by atoms with Gasteiger partial charge in [0, 0.05) is 16.6 Å². The molecule has 0 aliphatic heterocycles. The minimum absolute atomic E-state index is 0.133. The van der Waals surface area contributed by atoms with Crippen molar-refractivity contribution in [3.63, 3.8) is 0 Å². The van der Waals surface area contributed by atoms with Gasteiger partial charge in [-0.05, 0) is 52.9 Å². The fourth-order valence-corrected chi connectivity index (χ4v) is 3.02. The highest BCUT2D eigenvalue weighted by molar-refractivity contribution is 6.04. The van der Waals surface area contributed by atoms with Crippen LogP contribution in [0.2, 0.25) is 0 Å². The molecule has 0 saturated carbocycles. The molecule has 0 fully saturated rings. The lowest BCUT2D eigenvalue weighted by atomic mass is 10.0. The van der Waals surface area contributed by atoms with Crippen molar-refractivity contribution in [2.75, 3.05) is 5.32 Å². The Hall–Kier alpha value is -3.59. The third-order valence-electron chi connectivity index (χ3n) is 4.35. The molecule has 4 aromatic rings. The summed E-state index contributed by atoms with van der Waals surface area (Å²) in [5.41, 5.74) is 3.39. The molecular weight excluding hydrogens is 322 g/mol. The second kappa shape index (κ2) is 6.73. The lowest BCUT2D eigenvalue weighted by Gasteiger charge is -2.09. The Labute approximate surface area is 151 Å². The van der Waals surface area contributed by atoms with Crippen LogP contribution in [0.3, 0.4) is 0 Å². The average molecular weight is 339 g/mol. The first-order chi connectivity index (χ1) is 12.7. The molecule has 4 aromatic carbocycles. The van der Waals surface area contributed by atoms with Gasteiger partial charge >= 0.3 is 0 Å². The molecular formula is C23H17NO2. The zero-order chi connectivity index (χ0) is 17.9. The minimum Gasteiger partial charge on any atom is -0.507 e. The van der Waals surface area contributed by atoms with Gasteiger partial charge in [0.05, 0.1) is 0 Å². The number of hydrogen-bond acceptors (Lipinski definition) is 2. The van der Waals surface area contributed by atoms with E-state index in [4.69, 9.17) is 0 Å². The molecule has 0 aromatic heterocycles. The van der Waals surface area contributed by atoms with Crippen LogP contribution in [0.1, 0.15) is 10.4 Å². The number of phenols is 1. The van der Waals surface area contributed by atoms with Crippen LogP contribution >= 0.6 is 0 Å². The van der Waals surface area contributed by atoms with Crippen LogP contribution in [0, 0.1) is 0 Å². The van der Waals surface area contributed by atoms with Crippen molar-refractivity contribution in [2.45, 2.75) is 0 Å². The summed E-state index contributed by atoms with van der Waals surface area (Å²) < 4.78 is 0. The second-order valence-electron chi connectivity index (χ2n) is 6.11. The fraction of sp³-hybridized carbons (Fsp3) is 0. The number of rotatable bonds is 3. The lowest BCUT2D eigenvalue weighted by molar-refractivity contribution is 0.102. The molecule has 0 bridgehead atoms. The van der Waals surface area contributed by atoms with Crippen molar-refractivity contribution in [1.82, 2.24) is 0 Å². The van der Waals surface area contributed by atoms with E-state index in [9.17, 15) is 9.90 Å². The van der Waals surface area contributed by atoms with Gasteiger partial charge in [0.1, 0.15) is 5.75 Å². The summed E-state index contributed by atoms with van der Waals surface area (Å²) in [6, 6.07) is 28.3. The van der Waals surface area contributed by atoms with Crippen LogP contribution < -0.4 is 5.32 Å². The zero-order valence-corrected chi connectivity index (χ0v) is 14.0. The smallest absolute Gasteiger partial charge is 0.255 e. The molecule has 0 saturated heterocycles. The van der Waals surface area contributed by atoms with E-state index >= 15 is 0 Å². The van der Waals surface area contributed by atoms with Gasteiger partial charge < -0.3 is 10.4 Å². The summed E-state index contributed by atoms with van der Waals surface area (Å²) in [6.07, 6.45) is 0. The average Bonchev–Trinajstić information content (AvgIpc) is 2.69. The molecule has 1 amide bonds. The lowest BCUT2D eigenvalue weighted by Crippen LogP contribution is -2.11. The number of amides is 1. The topological polar surface area (TPSA) is 49.3 Å². The number of anilines is 1. The van der Waals surface area contributed by atoms with Crippen molar-refractivity contribution >= 4 is 22.4 Å². The summed E-state index contributed by atoms with van der Waals surface area (Å²) >= 11 is 0. The van der Waals surface area contributed by atoms with Crippen molar-refractivity contribution in [3.8, 4) is 16.9 Å². The van der Waals surface area contributed by atoms with Gasteiger partial charge in [-0.25, -0.2) is 0 Å². The van der Waals surface area contributed by atoms with Crippen LogP contribution in [0.5, 0.6) is 5.75 Å². The maximum absolute atomic E-state index is 12.3. The minimum atomic E-state index is -0.133. The van der Waals surface area contributed by atoms with Gasteiger partial charge in [0.2, 0.25) is 0 Å². The van der Waals surface area contributed by atoms with E-state index in [1.54, 1.807) is 18.2 Å². The van der Waals surface area contributed by atoms with Gasteiger partial charge in [0.15, 0.2) is 0 Å². The van der Waals surface area contributed by atoms with E-state index in [0.717, 1.165) is 27.6 Å². The van der Waals surface area contributed by atoms with E-state index in [-0.39, 0.29) is 11.7 Å². The van der Waals surface area contributed by atoms with E-state index in [0.29, 0.717) is 5.56 Å². The van der Waals surface area contributed by atoms with E-state index in [1.165, 1.54) is 0 Å². The van der Waals surface area contributed by atoms with Gasteiger partial charge in [-0.2, -0.15) is 0 Å². The molecule has 0 atom stereocenters. The van der Waals surface area contributed by atoms with Crippen LogP contribution in [0.25, 0.3) is 21.9 Å². The van der Waals surface area contributed by atoms with Crippen molar-refractivity contribution < 1.29 is 9.90 Å². The van der Waals surface area contributed by atoms with Crippen LogP contribution in [0.4, 0.5) is 5.69 Å². The van der Waals surface area contributed by atoms with Crippen LogP contribution in [-0.4, -0.2) is 11.0 Å². The van der Waals surface area contributed by atoms with Gasteiger partial charge in [-0.15, -0.1) is 0 Å². The number of phenolic OH excluding ortho intramolecular Hbond substituents is 1. The largest absolute Gasteiger partial charge is 0.507 e. The highest BCUT2D eigenvalue weighted by Crippen LogP contribution is 2.30. The third-order valence-corrected chi connectivity index (χ3v) is 4.35. The highest BCUT2D eigenvalue weighted by Gasteiger charge is 2.07. The Morgan fingerprint density at radius 3 is 2.35 bits per heavy atom. The molecule has 0 unspecified atom stereocenters. The van der Waals surface area contributed by atoms with Crippen LogP contribution in [0.15, 0.2) is 91.0 Å². The molecule has 3 nitrogen and oxygen atoms in total. The molecule has 0 aliphatic carbocycles. The maximum atomic E-state index is 12.3. The number of nitrogens with one attached hydrogen (secondary N) is 1. The second-order valence-corrected chi connectivity index (χ2v) is 6.11. The molecule has 26 heavy (non-hydrogen) atoms. The number of fused-ring (bicyclic) bond motifs is 1. The molecule has 0 aliphatic rings. The first kappa shape index (κ1) is 15.9. The monoisotopic (exact) mass is 339 g/mol. The van der Waals surface area contributed by atoms with Crippen molar-refractivity contribution in [3.05, 3.63) is 96.6 Å². The Bertz CT molecular complexity index is 1090. The Morgan fingerprint density at radius 2 is 1.50 bits per heavy atom. The van der Waals surface area contributed by atoms with Crippen molar-refractivity contribution in [2.24, 2.45) is 0 Å². The number of carbonyl (C=O) groups is 1. The summed E-state index contributed by atoms with van der Waals surface area (Å²) in [5, 5.41) is 14.7. The van der Waals surface area contributed by atoms with Crippen molar-refractivity contribution in [1.29, 1.82) is 0 Å². The highest BCUT2D eigenvalue weighted by atomic mass is 16.3. The Morgan fingerprint density at radius 1 is 0.731 bits per heavy atom. The van der Waals surface area contributed by atoms with Gasteiger partial charge in [-0.3, -0.25) is 4.79 Å². The molecule has 0 heterocycles. The number of hydrogen-bond donors (Lipinski definition) is 2. The first-order valence-electron chi connectivity index (χ1n) is 8.39. The number of carbonyl (C=O) groups excluding carboxylic acids is 1. The number of aromatic hydroxyl groups is 1. The third kappa shape index (κ3) is 3.15. The first-order valence-corrected chi connectivity index (χ1v) is 8.39. The van der Waals surface area contributed by atoms with E-state index in [2.05, 4.69) is 5.32 Å².